The highest BCUT2D eigenvalue weighted by Gasteiger charge is 2.21. The summed E-state index contributed by atoms with van der Waals surface area (Å²) in [4.78, 5) is 20.0. The van der Waals surface area contributed by atoms with Gasteiger partial charge < -0.3 is 14.7 Å². The van der Waals surface area contributed by atoms with Gasteiger partial charge in [-0.25, -0.2) is 4.98 Å². The third kappa shape index (κ3) is 2.78. The first kappa shape index (κ1) is 14.8. The smallest absolute Gasteiger partial charge is 0.268 e. The van der Waals surface area contributed by atoms with Crippen molar-refractivity contribution in [3.05, 3.63) is 40.2 Å². The number of H-pyrrole nitrogens is 1. The van der Waals surface area contributed by atoms with Crippen molar-refractivity contribution in [2.24, 2.45) is 0 Å². The second-order valence-corrected chi connectivity index (χ2v) is 7.29. The van der Waals surface area contributed by atoms with Crippen LogP contribution < -0.4 is 5.32 Å². The molecule has 3 aromatic rings. The largest absolute Gasteiger partial charge is 0.463 e. The van der Waals surface area contributed by atoms with Crippen molar-refractivity contribution < 1.29 is 9.21 Å². The molecule has 0 fully saturated rings. The minimum Gasteiger partial charge on any atom is -0.463 e. The summed E-state index contributed by atoms with van der Waals surface area (Å²) in [6.07, 6.45) is 1.59. The summed E-state index contributed by atoms with van der Waals surface area (Å²) in [5, 5.41) is 5.93. The molecule has 2 N–H and O–H groups in total. The van der Waals surface area contributed by atoms with E-state index in [2.05, 4.69) is 41.4 Å². The van der Waals surface area contributed by atoms with Crippen LogP contribution in [0.15, 0.2) is 28.2 Å². The second kappa shape index (κ2) is 5.28. The normalized spacial score (nSPS) is 13.5. The van der Waals surface area contributed by atoms with Crippen LogP contribution in [0.2, 0.25) is 0 Å². The lowest BCUT2D eigenvalue weighted by Gasteiger charge is -2.15. The predicted octanol–water partition coefficient (Wildman–Crippen LogP) is 4.01. The fourth-order valence-electron chi connectivity index (χ4n) is 2.14. The second-order valence-electron chi connectivity index (χ2n) is 6.40. The number of nitrogens with zero attached hydrogens (tertiary/aromatic N) is 1. The average Bonchev–Trinajstić information content (AvgIpc) is 3.12. The number of rotatable bonds is 3. The summed E-state index contributed by atoms with van der Waals surface area (Å²) in [7, 11) is 0. The number of thiazole rings is 1. The molecule has 3 heterocycles. The number of nitrogens with one attached hydrogen (secondary N) is 2. The fraction of sp³-hybridized carbons (Fsp3) is 0.375. The molecular weight excluding hydrogens is 298 g/mol. The van der Waals surface area contributed by atoms with Crippen molar-refractivity contribution >= 4 is 28.3 Å². The molecule has 5 nitrogen and oxygen atoms in total. The molecule has 0 aliphatic rings. The molecule has 6 heteroatoms. The maximum atomic E-state index is 12.3. The first-order valence-corrected chi connectivity index (χ1v) is 8.05. The Labute approximate surface area is 132 Å². The van der Waals surface area contributed by atoms with Crippen LogP contribution >= 0.6 is 11.3 Å². The van der Waals surface area contributed by atoms with Crippen LogP contribution in [-0.2, 0) is 5.41 Å². The topological polar surface area (TPSA) is 70.9 Å². The first-order chi connectivity index (χ1) is 10.3. The van der Waals surface area contributed by atoms with Gasteiger partial charge in [0.1, 0.15) is 10.7 Å². The Bertz CT molecular complexity index is 778. The van der Waals surface area contributed by atoms with E-state index in [4.69, 9.17) is 4.42 Å². The Morgan fingerprint density at radius 3 is 2.86 bits per heavy atom. The molecule has 0 saturated carbocycles. The van der Waals surface area contributed by atoms with Crippen LogP contribution in [0, 0.1) is 0 Å². The van der Waals surface area contributed by atoms with Crippen molar-refractivity contribution in [2.75, 3.05) is 0 Å². The molecule has 3 aromatic heterocycles. The quantitative estimate of drug-likeness (QED) is 0.767. The van der Waals surface area contributed by atoms with Gasteiger partial charge >= 0.3 is 0 Å². The van der Waals surface area contributed by atoms with Gasteiger partial charge in [-0.2, -0.15) is 0 Å². The van der Waals surface area contributed by atoms with Crippen molar-refractivity contribution in [1.82, 2.24) is 15.3 Å². The van der Waals surface area contributed by atoms with Gasteiger partial charge in [-0.1, -0.05) is 20.8 Å². The number of carbonyl (C=O) groups excluding carboxylic acids is 1. The van der Waals surface area contributed by atoms with E-state index >= 15 is 0 Å². The highest BCUT2D eigenvalue weighted by molar-refractivity contribution is 7.09. The number of aromatic nitrogens is 2. The number of aromatic amines is 1. The summed E-state index contributed by atoms with van der Waals surface area (Å²) in [5.41, 5.74) is 3.06. The van der Waals surface area contributed by atoms with Gasteiger partial charge in [0.05, 0.1) is 23.5 Å². The maximum Gasteiger partial charge on any atom is 0.268 e. The van der Waals surface area contributed by atoms with Crippen LogP contribution in [0.4, 0.5) is 0 Å². The van der Waals surface area contributed by atoms with Gasteiger partial charge in [0, 0.05) is 22.9 Å². The number of fused-ring (bicyclic) bond motifs is 1. The van der Waals surface area contributed by atoms with Crippen LogP contribution in [0.1, 0.15) is 54.9 Å². The van der Waals surface area contributed by atoms with Gasteiger partial charge in [0.2, 0.25) is 0 Å². The Hall–Kier alpha value is -2.08. The summed E-state index contributed by atoms with van der Waals surface area (Å²) < 4.78 is 5.26. The van der Waals surface area contributed by atoms with E-state index < -0.39 is 0 Å². The van der Waals surface area contributed by atoms with E-state index in [1.807, 2.05) is 6.92 Å². The molecule has 3 rings (SSSR count). The summed E-state index contributed by atoms with van der Waals surface area (Å²) in [6.45, 7) is 8.32. The van der Waals surface area contributed by atoms with Gasteiger partial charge in [0.15, 0.2) is 5.58 Å². The molecule has 0 spiro atoms. The van der Waals surface area contributed by atoms with Crippen molar-refractivity contribution in [3.63, 3.8) is 0 Å². The summed E-state index contributed by atoms with van der Waals surface area (Å²) >= 11 is 1.57. The maximum absolute atomic E-state index is 12.3. The van der Waals surface area contributed by atoms with Crippen LogP contribution in [-0.4, -0.2) is 15.9 Å². The lowest BCUT2D eigenvalue weighted by atomic mass is 9.93. The van der Waals surface area contributed by atoms with Gasteiger partial charge in [-0.3, -0.25) is 4.79 Å². The molecule has 116 valence electrons. The minimum atomic E-state index is -0.161. The zero-order valence-electron chi connectivity index (χ0n) is 13.1. The fourth-order valence-corrected chi connectivity index (χ4v) is 3.19. The molecule has 0 radical (unpaired) electrons. The number of amides is 1. The lowest BCUT2D eigenvalue weighted by molar-refractivity contribution is 0.0935. The van der Waals surface area contributed by atoms with E-state index in [1.165, 1.54) is 0 Å². The molecule has 0 bridgehead atoms. The van der Waals surface area contributed by atoms with Crippen LogP contribution in [0.25, 0.3) is 11.1 Å². The first-order valence-electron chi connectivity index (χ1n) is 7.17. The number of hydrogen-bond acceptors (Lipinski definition) is 4. The predicted molar refractivity (Wildman–Crippen MR) is 87.3 cm³/mol. The van der Waals surface area contributed by atoms with Gasteiger partial charge in [-0.05, 0) is 6.92 Å². The van der Waals surface area contributed by atoms with Crippen molar-refractivity contribution in [3.8, 4) is 0 Å². The highest BCUT2D eigenvalue weighted by atomic mass is 32.1. The molecular formula is C16H19N3O2S. The van der Waals surface area contributed by atoms with E-state index in [-0.39, 0.29) is 17.4 Å². The Morgan fingerprint density at radius 1 is 1.45 bits per heavy atom. The van der Waals surface area contributed by atoms with E-state index in [1.54, 1.807) is 29.7 Å². The molecule has 1 amide bonds. The molecule has 0 aliphatic carbocycles. The Balaban J connectivity index is 1.73. The Morgan fingerprint density at radius 2 is 2.23 bits per heavy atom. The molecule has 22 heavy (non-hydrogen) atoms. The number of carbonyl (C=O) groups is 1. The van der Waals surface area contributed by atoms with E-state index in [0.717, 1.165) is 16.2 Å². The molecule has 0 saturated heterocycles. The lowest BCUT2D eigenvalue weighted by Crippen LogP contribution is -2.27. The third-order valence-electron chi connectivity index (χ3n) is 3.49. The standard InChI is InChI=1S/C16H19N3O2S/c1-9(15-19-13(8-22-15)16(2,3)4)17-14(20)11-7-12-10(18-11)5-6-21-12/h5-9,18H,1-4H3,(H,17,20)/t9-/m0/s1. The molecule has 1 atom stereocenters. The van der Waals surface area contributed by atoms with E-state index in [0.29, 0.717) is 11.3 Å². The monoisotopic (exact) mass is 317 g/mol. The molecule has 0 unspecified atom stereocenters. The van der Waals surface area contributed by atoms with E-state index in [9.17, 15) is 4.79 Å². The van der Waals surface area contributed by atoms with Crippen LogP contribution in [0.3, 0.4) is 0 Å². The Kier molecular flexibility index (Phi) is 3.56. The summed E-state index contributed by atoms with van der Waals surface area (Å²) in [6, 6.07) is 3.37. The molecule has 0 aromatic carbocycles. The van der Waals surface area contributed by atoms with Crippen molar-refractivity contribution in [1.29, 1.82) is 0 Å². The minimum absolute atomic E-state index is 0.0163. The summed E-state index contributed by atoms with van der Waals surface area (Å²) in [5.74, 6) is -0.161. The van der Waals surface area contributed by atoms with Gasteiger partial charge in [0.25, 0.3) is 5.91 Å². The number of hydrogen-bond donors (Lipinski definition) is 2. The molecule has 0 aliphatic heterocycles. The average molecular weight is 317 g/mol. The SMILES string of the molecule is C[C@H](NC(=O)c1cc2occc2[nH]1)c1nc(C(C)(C)C)cs1. The number of furan rings is 1. The third-order valence-corrected chi connectivity index (χ3v) is 4.52. The highest BCUT2D eigenvalue weighted by Crippen LogP contribution is 2.27. The van der Waals surface area contributed by atoms with Crippen molar-refractivity contribution in [2.45, 2.75) is 39.2 Å². The van der Waals surface area contributed by atoms with Gasteiger partial charge in [-0.15, -0.1) is 11.3 Å². The zero-order valence-corrected chi connectivity index (χ0v) is 13.9. The zero-order chi connectivity index (χ0) is 15.9. The van der Waals surface area contributed by atoms with Crippen LogP contribution in [0.5, 0.6) is 0 Å².